The summed E-state index contributed by atoms with van der Waals surface area (Å²) in [6.07, 6.45) is 1.60. The van der Waals surface area contributed by atoms with Crippen LogP contribution in [0.2, 0.25) is 0 Å². The molecule has 0 unspecified atom stereocenters. The number of hydrogen-bond acceptors (Lipinski definition) is 7. The first kappa shape index (κ1) is 22.9. The predicted octanol–water partition coefficient (Wildman–Crippen LogP) is 5.06. The molecule has 2 heterocycles. The summed E-state index contributed by atoms with van der Waals surface area (Å²) in [5.41, 5.74) is 2.10. The highest BCUT2D eigenvalue weighted by atomic mass is 79.9. The van der Waals surface area contributed by atoms with E-state index in [4.69, 9.17) is 18.9 Å². The monoisotopic (exact) mass is 535 g/mol. The molecule has 3 aromatic carbocycles. The Bertz CT molecular complexity index is 1500. The van der Waals surface area contributed by atoms with Crippen molar-refractivity contribution in [3.8, 4) is 23.0 Å². The van der Waals surface area contributed by atoms with Crippen LogP contribution in [0.4, 0.5) is 0 Å². The van der Waals surface area contributed by atoms with Crippen molar-refractivity contribution in [3.63, 3.8) is 0 Å². The van der Waals surface area contributed by atoms with Gasteiger partial charge in [0, 0.05) is 4.47 Å². The Kier molecular flexibility index (Phi) is 6.41. The summed E-state index contributed by atoms with van der Waals surface area (Å²) < 4.78 is 24.7. The van der Waals surface area contributed by atoms with Gasteiger partial charge >= 0.3 is 0 Å². The van der Waals surface area contributed by atoms with E-state index in [9.17, 15) is 4.79 Å². The highest BCUT2D eigenvalue weighted by molar-refractivity contribution is 9.10. The van der Waals surface area contributed by atoms with Crippen molar-refractivity contribution in [1.29, 1.82) is 0 Å². The van der Waals surface area contributed by atoms with E-state index in [2.05, 4.69) is 26.0 Å². The Morgan fingerprint density at radius 2 is 1.91 bits per heavy atom. The molecule has 0 aliphatic carbocycles. The molecular weight excluding hydrogens is 514 g/mol. The van der Waals surface area contributed by atoms with E-state index >= 15 is 0 Å². The first-order valence-electron chi connectivity index (χ1n) is 11.0. The van der Waals surface area contributed by atoms with Crippen molar-refractivity contribution in [3.05, 3.63) is 86.4 Å². The molecule has 0 atom stereocenters. The molecule has 4 aromatic rings. The summed E-state index contributed by atoms with van der Waals surface area (Å²) >= 11 is 3.40. The molecule has 1 aliphatic heterocycles. The lowest BCUT2D eigenvalue weighted by molar-refractivity contribution is 0.174. The second kappa shape index (κ2) is 9.79. The van der Waals surface area contributed by atoms with Crippen LogP contribution in [-0.4, -0.2) is 29.3 Å². The van der Waals surface area contributed by atoms with Crippen molar-refractivity contribution in [2.24, 2.45) is 5.10 Å². The smallest absolute Gasteiger partial charge is 0.282 e. The summed E-state index contributed by atoms with van der Waals surface area (Å²) in [4.78, 5) is 17.5. The first-order valence-corrected chi connectivity index (χ1v) is 11.8. The maximum atomic E-state index is 13.0. The van der Waals surface area contributed by atoms with Gasteiger partial charge in [-0.15, -0.1) is 0 Å². The standard InChI is InChI=1S/C26H22BrN3O5/c1-3-32-24-10-17(4-8-22(24)33-14-18-5-9-23-25(11-18)35-15-34-23)13-28-30-16(2)29-21-7-6-19(27)12-20(21)26(30)31/h4-13H,3,14-15H2,1-2H3. The molecule has 0 bridgehead atoms. The molecule has 8 nitrogen and oxygen atoms in total. The van der Waals surface area contributed by atoms with Gasteiger partial charge in [0.1, 0.15) is 12.4 Å². The molecule has 178 valence electrons. The van der Waals surface area contributed by atoms with Crippen LogP contribution in [0.5, 0.6) is 23.0 Å². The molecule has 35 heavy (non-hydrogen) atoms. The Labute approximate surface area is 209 Å². The summed E-state index contributed by atoms with van der Waals surface area (Å²) in [6.45, 7) is 4.71. The van der Waals surface area contributed by atoms with Gasteiger partial charge in [-0.3, -0.25) is 4.79 Å². The van der Waals surface area contributed by atoms with Crippen molar-refractivity contribution in [2.45, 2.75) is 20.5 Å². The minimum Gasteiger partial charge on any atom is -0.490 e. The quantitative estimate of drug-likeness (QED) is 0.307. The van der Waals surface area contributed by atoms with Crippen LogP contribution in [0.25, 0.3) is 10.9 Å². The lowest BCUT2D eigenvalue weighted by Gasteiger charge is -2.13. The van der Waals surface area contributed by atoms with Crippen molar-refractivity contribution < 1.29 is 18.9 Å². The van der Waals surface area contributed by atoms with Gasteiger partial charge in [-0.25, -0.2) is 4.98 Å². The fourth-order valence-corrected chi connectivity index (χ4v) is 4.07. The van der Waals surface area contributed by atoms with Gasteiger partial charge in [-0.05, 0) is 73.5 Å². The van der Waals surface area contributed by atoms with E-state index in [1.54, 1.807) is 25.3 Å². The third-order valence-corrected chi connectivity index (χ3v) is 5.88. The van der Waals surface area contributed by atoms with Crippen LogP contribution in [-0.2, 0) is 6.61 Å². The van der Waals surface area contributed by atoms with Crippen LogP contribution in [0.15, 0.2) is 69.0 Å². The summed E-state index contributed by atoms with van der Waals surface area (Å²) in [7, 11) is 0. The average Bonchev–Trinajstić information content (AvgIpc) is 3.32. The molecule has 0 N–H and O–H groups in total. The van der Waals surface area contributed by atoms with E-state index in [-0.39, 0.29) is 12.4 Å². The Morgan fingerprint density at radius 1 is 1.06 bits per heavy atom. The van der Waals surface area contributed by atoms with Gasteiger partial charge in [0.05, 0.1) is 23.7 Å². The Morgan fingerprint density at radius 3 is 2.77 bits per heavy atom. The SMILES string of the molecule is CCOc1cc(C=Nn2c(C)nc3ccc(Br)cc3c2=O)ccc1OCc1ccc2c(c1)OCO2. The van der Waals surface area contributed by atoms with Crippen molar-refractivity contribution >= 4 is 33.0 Å². The topological polar surface area (TPSA) is 84.2 Å². The summed E-state index contributed by atoms with van der Waals surface area (Å²) in [5, 5.41) is 4.88. The molecule has 0 radical (unpaired) electrons. The van der Waals surface area contributed by atoms with Crippen molar-refractivity contribution in [1.82, 2.24) is 9.66 Å². The van der Waals surface area contributed by atoms with Gasteiger partial charge in [0.25, 0.3) is 5.56 Å². The van der Waals surface area contributed by atoms with E-state index in [0.29, 0.717) is 47.2 Å². The fourth-order valence-electron chi connectivity index (χ4n) is 3.70. The lowest BCUT2D eigenvalue weighted by atomic mass is 10.2. The number of benzene rings is 3. The van der Waals surface area contributed by atoms with Crippen LogP contribution < -0.4 is 24.5 Å². The second-order valence-corrected chi connectivity index (χ2v) is 8.71. The highest BCUT2D eigenvalue weighted by Gasteiger charge is 2.14. The molecule has 0 amide bonds. The normalized spacial score (nSPS) is 12.4. The molecule has 0 saturated carbocycles. The van der Waals surface area contributed by atoms with Gasteiger partial charge in [-0.1, -0.05) is 22.0 Å². The summed E-state index contributed by atoms with van der Waals surface area (Å²) in [6, 6.07) is 16.6. The van der Waals surface area contributed by atoms with Gasteiger partial charge < -0.3 is 18.9 Å². The minimum absolute atomic E-state index is 0.232. The van der Waals surface area contributed by atoms with Gasteiger partial charge in [0.2, 0.25) is 6.79 Å². The average molecular weight is 536 g/mol. The number of aryl methyl sites for hydroxylation is 1. The maximum absolute atomic E-state index is 13.0. The maximum Gasteiger partial charge on any atom is 0.282 e. The lowest BCUT2D eigenvalue weighted by Crippen LogP contribution is -2.20. The number of hydrogen-bond donors (Lipinski definition) is 0. The molecule has 0 saturated heterocycles. The molecule has 5 rings (SSSR count). The molecule has 1 aliphatic rings. The minimum atomic E-state index is -0.237. The number of nitrogens with zero attached hydrogens (tertiary/aromatic N) is 3. The van der Waals surface area contributed by atoms with Crippen LogP contribution in [0.3, 0.4) is 0 Å². The zero-order chi connectivity index (χ0) is 24.4. The second-order valence-electron chi connectivity index (χ2n) is 7.80. The first-order chi connectivity index (χ1) is 17.0. The predicted molar refractivity (Wildman–Crippen MR) is 136 cm³/mol. The third-order valence-electron chi connectivity index (χ3n) is 5.39. The zero-order valence-electron chi connectivity index (χ0n) is 19.2. The molecule has 0 fully saturated rings. The van der Waals surface area contributed by atoms with Gasteiger partial charge in [-0.2, -0.15) is 9.78 Å². The van der Waals surface area contributed by atoms with E-state index in [0.717, 1.165) is 21.3 Å². The van der Waals surface area contributed by atoms with Crippen LogP contribution >= 0.6 is 15.9 Å². The van der Waals surface area contributed by atoms with Crippen molar-refractivity contribution in [2.75, 3.05) is 13.4 Å². The highest BCUT2D eigenvalue weighted by Crippen LogP contribution is 2.34. The van der Waals surface area contributed by atoms with Crippen LogP contribution in [0.1, 0.15) is 23.9 Å². The fraction of sp³-hybridized carbons (Fsp3) is 0.192. The Balaban J connectivity index is 1.38. The molecule has 1 aromatic heterocycles. The molecular formula is C26H22BrN3O5. The van der Waals surface area contributed by atoms with E-state index in [1.807, 2.05) is 49.4 Å². The number of aromatic nitrogens is 2. The molecule has 9 heteroatoms. The van der Waals surface area contributed by atoms with Gasteiger partial charge in [0.15, 0.2) is 23.0 Å². The number of rotatable bonds is 7. The summed E-state index contributed by atoms with van der Waals surface area (Å²) in [5.74, 6) is 3.13. The number of fused-ring (bicyclic) bond motifs is 2. The number of ether oxygens (including phenoxy) is 4. The van der Waals surface area contributed by atoms with E-state index < -0.39 is 0 Å². The Hall–Kier alpha value is -3.85. The zero-order valence-corrected chi connectivity index (χ0v) is 20.7. The number of halogens is 1. The third kappa shape index (κ3) is 4.85. The van der Waals surface area contributed by atoms with E-state index in [1.165, 1.54) is 4.68 Å². The molecule has 0 spiro atoms. The van der Waals surface area contributed by atoms with Crippen LogP contribution in [0, 0.1) is 6.92 Å². The largest absolute Gasteiger partial charge is 0.490 e.